The van der Waals surface area contributed by atoms with Crippen LogP contribution in [0.3, 0.4) is 0 Å². The van der Waals surface area contributed by atoms with E-state index in [2.05, 4.69) is 20.2 Å². The number of benzene rings is 1. The minimum atomic E-state index is -3.24. The molecule has 0 spiro atoms. The molecule has 1 aromatic carbocycles. The molecule has 1 fully saturated rings. The molecule has 0 bridgehead atoms. The van der Waals surface area contributed by atoms with Crippen LogP contribution >= 0.6 is 0 Å². The van der Waals surface area contributed by atoms with E-state index in [-0.39, 0.29) is 5.25 Å². The van der Waals surface area contributed by atoms with Crippen molar-refractivity contribution in [3.8, 4) is 22.6 Å². The molecule has 1 N–H and O–H groups in total. The summed E-state index contributed by atoms with van der Waals surface area (Å²) in [5.74, 6) is 0.600. The molecule has 3 aromatic rings. The fourth-order valence-electron chi connectivity index (χ4n) is 3.47. The Balaban J connectivity index is 1.61. The summed E-state index contributed by atoms with van der Waals surface area (Å²) in [6, 6.07) is 10.9. The first-order chi connectivity index (χ1) is 12.6. The zero-order valence-corrected chi connectivity index (χ0v) is 15.1. The average molecular weight is 368 g/mol. The lowest BCUT2D eigenvalue weighted by Gasteiger charge is -2.21. The van der Waals surface area contributed by atoms with E-state index in [0.29, 0.717) is 16.4 Å². The van der Waals surface area contributed by atoms with Gasteiger partial charge in [-0.3, -0.25) is 10.1 Å². The van der Waals surface area contributed by atoms with E-state index < -0.39 is 9.84 Å². The van der Waals surface area contributed by atoms with E-state index >= 15 is 0 Å². The zero-order valence-electron chi connectivity index (χ0n) is 14.3. The van der Waals surface area contributed by atoms with E-state index in [1.54, 1.807) is 18.3 Å². The van der Waals surface area contributed by atoms with E-state index in [1.165, 1.54) is 6.33 Å². The highest BCUT2D eigenvalue weighted by atomic mass is 32.2. The number of H-pyrrole nitrogens is 1. The monoisotopic (exact) mass is 368 g/mol. The number of pyridine rings is 1. The van der Waals surface area contributed by atoms with Gasteiger partial charge in [0.05, 0.1) is 10.1 Å². The minimum absolute atomic E-state index is 0.235. The molecule has 0 amide bonds. The van der Waals surface area contributed by atoms with Gasteiger partial charge >= 0.3 is 0 Å². The highest BCUT2D eigenvalue weighted by Crippen LogP contribution is 2.30. The maximum atomic E-state index is 12.8. The van der Waals surface area contributed by atoms with Crippen molar-refractivity contribution in [3.05, 3.63) is 48.9 Å². The van der Waals surface area contributed by atoms with Crippen LogP contribution in [0.15, 0.2) is 53.8 Å². The molecule has 0 atom stereocenters. The van der Waals surface area contributed by atoms with Crippen LogP contribution in [0, 0.1) is 0 Å². The van der Waals surface area contributed by atoms with Crippen molar-refractivity contribution in [1.82, 2.24) is 20.2 Å². The number of aromatic nitrogens is 4. The second kappa shape index (κ2) is 6.99. The summed E-state index contributed by atoms with van der Waals surface area (Å²) < 4.78 is 25.6. The van der Waals surface area contributed by atoms with Crippen molar-refractivity contribution >= 4 is 9.84 Å². The lowest BCUT2D eigenvalue weighted by Crippen LogP contribution is -2.24. The Labute approximate surface area is 152 Å². The van der Waals surface area contributed by atoms with Crippen LogP contribution in [0.4, 0.5) is 0 Å². The van der Waals surface area contributed by atoms with E-state index in [0.717, 1.165) is 43.2 Å². The molecule has 26 heavy (non-hydrogen) atoms. The number of aromatic amines is 1. The smallest absolute Gasteiger partial charge is 0.181 e. The molecule has 0 aliphatic heterocycles. The largest absolute Gasteiger partial charge is 0.258 e. The Kier molecular flexibility index (Phi) is 4.55. The van der Waals surface area contributed by atoms with E-state index in [9.17, 15) is 8.42 Å². The molecule has 1 aliphatic rings. The molecular formula is C19H20N4O2S. The fourth-order valence-corrected chi connectivity index (χ4v) is 5.33. The molecule has 7 heteroatoms. The molecule has 1 saturated carbocycles. The minimum Gasteiger partial charge on any atom is -0.258 e. The van der Waals surface area contributed by atoms with Crippen LogP contribution in [0.2, 0.25) is 0 Å². The van der Waals surface area contributed by atoms with Crippen molar-refractivity contribution < 1.29 is 8.42 Å². The van der Waals surface area contributed by atoms with Gasteiger partial charge in [0, 0.05) is 6.20 Å². The average Bonchev–Trinajstić information content (AvgIpc) is 3.24. The van der Waals surface area contributed by atoms with Gasteiger partial charge < -0.3 is 0 Å². The highest BCUT2D eigenvalue weighted by molar-refractivity contribution is 7.92. The standard InChI is InChI=1S/C19H20N4O2S/c24-26(25,16-4-2-1-3-5-16)17-8-6-14(7-9-17)15-10-11-20-18(12-15)19-21-13-22-23-19/h6-13,16H,1-5H2,(H,21,22,23). The molecule has 2 heterocycles. The van der Waals surface area contributed by atoms with Gasteiger partial charge in [-0.05, 0) is 48.2 Å². The summed E-state index contributed by atoms with van der Waals surface area (Å²) >= 11 is 0. The quantitative estimate of drug-likeness (QED) is 0.759. The zero-order chi connectivity index (χ0) is 18.0. The molecule has 0 unspecified atom stereocenters. The topological polar surface area (TPSA) is 88.6 Å². The molecule has 1 aliphatic carbocycles. The van der Waals surface area contributed by atoms with Crippen molar-refractivity contribution in [3.63, 3.8) is 0 Å². The van der Waals surface area contributed by atoms with Crippen LogP contribution in [-0.4, -0.2) is 33.8 Å². The normalized spacial score (nSPS) is 15.8. The molecular weight excluding hydrogens is 348 g/mol. The predicted molar refractivity (Wildman–Crippen MR) is 99.1 cm³/mol. The molecule has 0 saturated heterocycles. The third-order valence-corrected chi connectivity index (χ3v) is 7.20. The first-order valence-corrected chi connectivity index (χ1v) is 10.4. The van der Waals surface area contributed by atoms with Crippen LogP contribution in [0.1, 0.15) is 32.1 Å². The number of sulfone groups is 1. The van der Waals surface area contributed by atoms with Gasteiger partial charge in [-0.2, -0.15) is 5.10 Å². The maximum Gasteiger partial charge on any atom is 0.181 e. The first kappa shape index (κ1) is 16.9. The van der Waals surface area contributed by atoms with E-state index in [1.807, 2.05) is 24.3 Å². The van der Waals surface area contributed by atoms with Crippen LogP contribution < -0.4 is 0 Å². The lowest BCUT2D eigenvalue weighted by atomic mass is 10.0. The number of nitrogens with one attached hydrogen (secondary N) is 1. The Morgan fingerprint density at radius 2 is 1.69 bits per heavy atom. The van der Waals surface area contributed by atoms with Crippen LogP contribution in [0.5, 0.6) is 0 Å². The SMILES string of the molecule is O=S(=O)(c1ccc(-c2ccnc(-c3ncn[nH]3)c2)cc1)C1CCCCC1. The van der Waals surface area contributed by atoms with E-state index in [4.69, 9.17) is 0 Å². The second-order valence-electron chi connectivity index (χ2n) is 6.59. The molecule has 6 nitrogen and oxygen atoms in total. The summed E-state index contributed by atoms with van der Waals surface area (Å²) in [7, 11) is -3.24. The first-order valence-electron chi connectivity index (χ1n) is 8.81. The molecule has 134 valence electrons. The fraction of sp³-hybridized carbons (Fsp3) is 0.316. The van der Waals surface area contributed by atoms with Gasteiger partial charge in [0.1, 0.15) is 12.0 Å². The predicted octanol–water partition coefficient (Wildman–Crippen LogP) is 3.64. The van der Waals surface area contributed by atoms with Crippen LogP contribution in [0.25, 0.3) is 22.6 Å². The van der Waals surface area contributed by atoms with Gasteiger partial charge in [0.2, 0.25) is 0 Å². The Bertz CT molecular complexity index is 977. The number of hydrogen-bond donors (Lipinski definition) is 1. The van der Waals surface area contributed by atoms with Gasteiger partial charge in [0.15, 0.2) is 15.7 Å². The van der Waals surface area contributed by atoms with Gasteiger partial charge in [0.25, 0.3) is 0 Å². The summed E-state index contributed by atoms with van der Waals surface area (Å²) in [5, 5.41) is 6.40. The van der Waals surface area contributed by atoms with Gasteiger partial charge in [-0.15, -0.1) is 0 Å². The Morgan fingerprint density at radius 1 is 0.923 bits per heavy atom. The maximum absolute atomic E-state index is 12.8. The molecule has 2 aromatic heterocycles. The Morgan fingerprint density at radius 3 is 2.38 bits per heavy atom. The van der Waals surface area contributed by atoms with Gasteiger partial charge in [-0.25, -0.2) is 13.4 Å². The summed E-state index contributed by atoms with van der Waals surface area (Å²) in [5.41, 5.74) is 2.59. The van der Waals surface area contributed by atoms with Crippen molar-refractivity contribution in [2.75, 3.05) is 0 Å². The lowest BCUT2D eigenvalue weighted by molar-refractivity contribution is 0.483. The third kappa shape index (κ3) is 3.26. The van der Waals surface area contributed by atoms with Gasteiger partial charge in [-0.1, -0.05) is 31.4 Å². The highest BCUT2D eigenvalue weighted by Gasteiger charge is 2.28. The number of hydrogen-bond acceptors (Lipinski definition) is 5. The summed E-state index contributed by atoms with van der Waals surface area (Å²) in [6.45, 7) is 0. The molecule has 0 radical (unpaired) electrons. The van der Waals surface area contributed by atoms with Crippen LogP contribution in [-0.2, 0) is 9.84 Å². The summed E-state index contributed by atoms with van der Waals surface area (Å²) in [4.78, 5) is 8.82. The molecule has 4 rings (SSSR count). The Hall–Kier alpha value is -2.54. The summed E-state index contributed by atoms with van der Waals surface area (Å²) in [6.07, 6.45) is 7.84. The van der Waals surface area contributed by atoms with Crippen molar-refractivity contribution in [2.24, 2.45) is 0 Å². The number of nitrogens with zero attached hydrogens (tertiary/aromatic N) is 3. The third-order valence-electron chi connectivity index (χ3n) is 4.92. The number of rotatable bonds is 4. The second-order valence-corrected chi connectivity index (χ2v) is 8.82. The van der Waals surface area contributed by atoms with Crippen molar-refractivity contribution in [2.45, 2.75) is 42.2 Å². The van der Waals surface area contributed by atoms with Crippen molar-refractivity contribution in [1.29, 1.82) is 0 Å².